The van der Waals surface area contributed by atoms with E-state index >= 15 is 0 Å². The van der Waals surface area contributed by atoms with Gasteiger partial charge in [-0.05, 0) is 44.4 Å². The summed E-state index contributed by atoms with van der Waals surface area (Å²) in [6.07, 6.45) is 10.5. The van der Waals surface area contributed by atoms with Crippen LogP contribution in [-0.2, 0) is 9.53 Å². The van der Waals surface area contributed by atoms with Crippen LogP contribution in [0, 0.1) is 5.92 Å². The van der Waals surface area contributed by atoms with Crippen LogP contribution in [-0.4, -0.2) is 22.3 Å². The van der Waals surface area contributed by atoms with Crippen LogP contribution in [0.1, 0.15) is 78.6 Å². The third-order valence-electron chi connectivity index (χ3n) is 5.06. The van der Waals surface area contributed by atoms with Gasteiger partial charge in [0.1, 0.15) is 6.10 Å². The normalized spacial score (nSPS) is 21.8. The molecular formula is C16H32O2Si. The van der Waals surface area contributed by atoms with E-state index in [-0.39, 0.29) is 17.1 Å². The lowest BCUT2D eigenvalue weighted by Gasteiger charge is -2.36. The third-order valence-corrected chi connectivity index (χ3v) is 6.99. The average Bonchev–Trinajstić information content (AvgIpc) is 2.44. The molecule has 0 bridgehead atoms. The number of hydrogen-bond acceptors (Lipinski definition) is 2. The topological polar surface area (TPSA) is 26.3 Å². The smallest absolute Gasteiger partial charge is 0.308 e. The van der Waals surface area contributed by atoms with Crippen molar-refractivity contribution in [3.05, 3.63) is 0 Å². The number of carbonyl (C=O) groups is 1. The first-order chi connectivity index (χ1) is 9.08. The zero-order valence-corrected chi connectivity index (χ0v) is 15.3. The molecule has 0 aromatic heterocycles. The van der Waals surface area contributed by atoms with Crippen LogP contribution >= 0.6 is 0 Å². The molecule has 0 N–H and O–H groups in total. The SMILES string of the molecule is CCCC(CC)C([SiH3])(CC)C(=O)OC1CCCCC1. The van der Waals surface area contributed by atoms with Crippen molar-refractivity contribution in [3.8, 4) is 0 Å². The van der Waals surface area contributed by atoms with Crippen molar-refractivity contribution in [1.29, 1.82) is 0 Å². The van der Waals surface area contributed by atoms with Gasteiger partial charge in [-0.1, -0.05) is 40.0 Å². The Kier molecular flexibility index (Phi) is 7.12. The van der Waals surface area contributed by atoms with Crippen LogP contribution in [0.15, 0.2) is 0 Å². The minimum Gasteiger partial charge on any atom is -0.462 e. The highest BCUT2D eigenvalue weighted by Crippen LogP contribution is 2.42. The lowest BCUT2D eigenvalue weighted by Crippen LogP contribution is -2.36. The Labute approximate surface area is 122 Å². The molecular weight excluding hydrogens is 252 g/mol. The molecule has 0 amide bonds. The first-order valence-electron chi connectivity index (χ1n) is 8.29. The van der Waals surface area contributed by atoms with E-state index in [1.54, 1.807) is 0 Å². The van der Waals surface area contributed by atoms with Crippen molar-refractivity contribution in [1.82, 2.24) is 0 Å². The quantitative estimate of drug-likeness (QED) is 0.527. The zero-order chi connectivity index (χ0) is 14.3. The van der Waals surface area contributed by atoms with Gasteiger partial charge in [-0.2, -0.15) is 0 Å². The van der Waals surface area contributed by atoms with Crippen LogP contribution in [0.25, 0.3) is 0 Å². The van der Waals surface area contributed by atoms with Gasteiger partial charge in [0.05, 0.1) is 5.04 Å². The summed E-state index contributed by atoms with van der Waals surface area (Å²) in [5, 5.41) is -0.151. The molecule has 1 fully saturated rings. The molecule has 0 aromatic rings. The predicted octanol–water partition coefficient (Wildman–Crippen LogP) is 3.62. The molecule has 0 saturated heterocycles. The van der Waals surface area contributed by atoms with Gasteiger partial charge in [0.25, 0.3) is 0 Å². The van der Waals surface area contributed by atoms with E-state index in [4.69, 9.17) is 4.74 Å². The van der Waals surface area contributed by atoms with Gasteiger partial charge < -0.3 is 4.74 Å². The van der Waals surface area contributed by atoms with E-state index in [0.717, 1.165) is 42.3 Å². The molecule has 2 unspecified atom stereocenters. The lowest BCUT2D eigenvalue weighted by atomic mass is 9.83. The summed E-state index contributed by atoms with van der Waals surface area (Å²) in [6, 6.07) is 0. The zero-order valence-electron chi connectivity index (χ0n) is 13.3. The second-order valence-electron chi connectivity index (χ2n) is 6.33. The fourth-order valence-electron chi connectivity index (χ4n) is 3.39. The maximum Gasteiger partial charge on any atom is 0.308 e. The molecule has 1 aliphatic rings. The maximum absolute atomic E-state index is 12.7. The second kappa shape index (κ2) is 8.08. The van der Waals surface area contributed by atoms with E-state index in [2.05, 4.69) is 20.8 Å². The summed E-state index contributed by atoms with van der Waals surface area (Å²) in [6.45, 7) is 6.59. The Balaban J connectivity index is 2.66. The Morgan fingerprint density at radius 1 is 1.26 bits per heavy atom. The first-order valence-corrected chi connectivity index (χ1v) is 9.29. The molecule has 19 heavy (non-hydrogen) atoms. The highest BCUT2D eigenvalue weighted by molar-refractivity contribution is 6.27. The van der Waals surface area contributed by atoms with E-state index in [1.165, 1.54) is 25.7 Å². The summed E-state index contributed by atoms with van der Waals surface area (Å²) in [7, 11) is 0.916. The molecule has 112 valence electrons. The molecule has 0 heterocycles. The van der Waals surface area contributed by atoms with Crippen molar-refractivity contribution in [2.45, 2.75) is 89.7 Å². The third kappa shape index (κ3) is 4.33. The van der Waals surface area contributed by atoms with Gasteiger partial charge in [-0.15, -0.1) is 0 Å². The monoisotopic (exact) mass is 284 g/mol. The fraction of sp³-hybridized carbons (Fsp3) is 0.938. The minimum absolute atomic E-state index is 0.119. The van der Waals surface area contributed by atoms with Gasteiger partial charge in [0.15, 0.2) is 0 Å². The van der Waals surface area contributed by atoms with Crippen molar-refractivity contribution >= 4 is 16.2 Å². The van der Waals surface area contributed by atoms with Crippen LogP contribution in [0.5, 0.6) is 0 Å². The molecule has 1 aliphatic carbocycles. The van der Waals surface area contributed by atoms with Crippen molar-refractivity contribution in [3.63, 3.8) is 0 Å². The molecule has 2 atom stereocenters. The second-order valence-corrected chi connectivity index (χ2v) is 8.11. The van der Waals surface area contributed by atoms with Crippen LogP contribution in [0.4, 0.5) is 0 Å². The van der Waals surface area contributed by atoms with Gasteiger partial charge in [0, 0.05) is 10.2 Å². The summed E-state index contributed by atoms with van der Waals surface area (Å²) in [5.74, 6) is 0.638. The number of carbonyl (C=O) groups excluding carboxylic acids is 1. The van der Waals surface area contributed by atoms with E-state index in [1.807, 2.05) is 0 Å². The Morgan fingerprint density at radius 2 is 1.89 bits per heavy atom. The number of rotatable bonds is 7. The van der Waals surface area contributed by atoms with Gasteiger partial charge >= 0.3 is 5.97 Å². The summed E-state index contributed by atoms with van der Waals surface area (Å²) in [5.41, 5.74) is 0. The molecule has 0 aliphatic heterocycles. The van der Waals surface area contributed by atoms with Crippen LogP contribution in [0.3, 0.4) is 0 Å². The largest absolute Gasteiger partial charge is 0.462 e. The lowest BCUT2D eigenvalue weighted by molar-refractivity contribution is -0.156. The molecule has 2 nitrogen and oxygen atoms in total. The Morgan fingerprint density at radius 3 is 2.37 bits per heavy atom. The maximum atomic E-state index is 12.7. The number of esters is 1. The van der Waals surface area contributed by atoms with Gasteiger partial charge in [0.2, 0.25) is 0 Å². The van der Waals surface area contributed by atoms with Crippen LogP contribution < -0.4 is 0 Å². The van der Waals surface area contributed by atoms with Crippen molar-refractivity contribution in [2.24, 2.45) is 5.92 Å². The van der Waals surface area contributed by atoms with Crippen LogP contribution in [0.2, 0.25) is 5.04 Å². The average molecular weight is 285 g/mol. The minimum atomic E-state index is -0.151. The Bertz CT molecular complexity index is 274. The standard InChI is InChI=1S/C16H32O2Si/c1-4-10-13(5-2)16(19,6-3)15(17)18-14-11-8-7-9-12-14/h13-14H,4-12H2,1-3,19H3. The summed E-state index contributed by atoms with van der Waals surface area (Å²) in [4.78, 5) is 12.7. The van der Waals surface area contributed by atoms with Gasteiger partial charge in [-0.3, -0.25) is 4.79 Å². The summed E-state index contributed by atoms with van der Waals surface area (Å²) < 4.78 is 5.87. The van der Waals surface area contributed by atoms with Crippen molar-refractivity contribution in [2.75, 3.05) is 0 Å². The molecule has 1 saturated carbocycles. The van der Waals surface area contributed by atoms with E-state index < -0.39 is 0 Å². The molecule has 3 heteroatoms. The summed E-state index contributed by atoms with van der Waals surface area (Å²) >= 11 is 0. The molecule has 0 aromatic carbocycles. The number of hydrogen-bond donors (Lipinski definition) is 0. The van der Waals surface area contributed by atoms with E-state index in [9.17, 15) is 4.79 Å². The first kappa shape index (κ1) is 16.7. The van der Waals surface area contributed by atoms with E-state index in [0.29, 0.717) is 5.92 Å². The number of ether oxygens (including phenoxy) is 1. The van der Waals surface area contributed by atoms with Crippen molar-refractivity contribution < 1.29 is 9.53 Å². The highest BCUT2D eigenvalue weighted by Gasteiger charge is 2.40. The predicted molar refractivity (Wildman–Crippen MR) is 84.6 cm³/mol. The molecule has 1 rings (SSSR count). The Hall–Kier alpha value is -0.313. The highest BCUT2D eigenvalue weighted by atomic mass is 28.1. The molecule has 0 spiro atoms. The molecule has 0 radical (unpaired) electrons. The fourth-order valence-corrected chi connectivity index (χ4v) is 4.21. The van der Waals surface area contributed by atoms with Gasteiger partial charge in [-0.25, -0.2) is 0 Å².